The first-order valence-corrected chi connectivity index (χ1v) is 11.7. The number of benzene rings is 2. The van der Waals surface area contributed by atoms with Gasteiger partial charge >= 0.3 is 5.97 Å². The van der Waals surface area contributed by atoms with Gasteiger partial charge in [0.15, 0.2) is 0 Å². The van der Waals surface area contributed by atoms with Gasteiger partial charge in [0, 0.05) is 12.7 Å². The Morgan fingerprint density at radius 2 is 1.97 bits per heavy atom. The summed E-state index contributed by atoms with van der Waals surface area (Å²) in [5.74, 6) is 0.182. The van der Waals surface area contributed by atoms with Crippen LogP contribution in [0.5, 0.6) is 0 Å². The fourth-order valence-electron chi connectivity index (χ4n) is 5.02. The molecular weight excluding hydrogens is 412 g/mol. The van der Waals surface area contributed by atoms with Crippen molar-refractivity contribution < 1.29 is 9.90 Å². The summed E-state index contributed by atoms with van der Waals surface area (Å²) in [4.78, 5) is 16.4. The van der Waals surface area contributed by atoms with Crippen molar-refractivity contribution in [1.82, 2.24) is 10.3 Å². The number of pyridine rings is 1. The minimum atomic E-state index is -0.696. The Balaban J connectivity index is 1.29. The minimum absolute atomic E-state index is 0.106. The molecule has 5 rings (SSSR count). The molecule has 0 saturated heterocycles. The summed E-state index contributed by atoms with van der Waals surface area (Å²) in [6, 6.07) is 22.9. The number of nitrogens with zero attached hydrogens (tertiary/aromatic N) is 1. The summed E-state index contributed by atoms with van der Waals surface area (Å²) < 4.78 is 0. The van der Waals surface area contributed by atoms with Gasteiger partial charge in [0.25, 0.3) is 0 Å². The first-order valence-electron chi connectivity index (χ1n) is 11.7. The van der Waals surface area contributed by atoms with Crippen molar-refractivity contribution in [2.45, 2.75) is 43.2 Å². The Labute approximate surface area is 194 Å². The minimum Gasteiger partial charge on any atom is -0.481 e. The lowest BCUT2D eigenvalue weighted by atomic mass is 9.64. The molecule has 1 aromatic heterocycles. The fourth-order valence-corrected chi connectivity index (χ4v) is 5.02. The van der Waals surface area contributed by atoms with Gasteiger partial charge in [-0.3, -0.25) is 4.79 Å². The molecule has 1 aliphatic heterocycles. The van der Waals surface area contributed by atoms with E-state index >= 15 is 0 Å². The second kappa shape index (κ2) is 9.24. The highest BCUT2D eigenvalue weighted by molar-refractivity contribution is 5.82. The topological polar surface area (TPSA) is 86.3 Å². The zero-order chi connectivity index (χ0) is 22.7. The molecule has 6 heteroatoms. The van der Waals surface area contributed by atoms with Gasteiger partial charge in [0.05, 0.1) is 23.2 Å². The highest BCUT2D eigenvalue weighted by Crippen LogP contribution is 2.44. The van der Waals surface area contributed by atoms with Crippen LogP contribution in [0.2, 0.25) is 0 Å². The number of carbonyl (C=O) groups is 1. The Morgan fingerprint density at radius 1 is 1.12 bits per heavy atom. The number of aliphatic carboxylic acids is 1. The zero-order valence-electron chi connectivity index (χ0n) is 18.6. The van der Waals surface area contributed by atoms with Crippen LogP contribution in [-0.2, 0) is 16.6 Å². The molecule has 0 bridgehead atoms. The molecular formula is C27H30N4O2. The largest absolute Gasteiger partial charge is 0.481 e. The summed E-state index contributed by atoms with van der Waals surface area (Å²) in [6.45, 7) is 1.58. The number of rotatable bonds is 8. The standard InChI is InChI=1S/C27H30N4O2/c32-26(33)27(13-6-14-27)21-10-4-7-19(17-21)12-16-28-24(20-8-2-1-3-9-20)23-18-30-22-11-5-15-29-25(22)31-23/h1-5,7-11,15,17,23-24,28,30H,6,12-14,16,18H2,(H,29,31)(H,32,33)/t23-,24-/m1/s1. The molecule has 6 nitrogen and oxygen atoms in total. The van der Waals surface area contributed by atoms with Crippen molar-refractivity contribution >= 4 is 17.5 Å². The molecule has 3 aromatic rings. The third kappa shape index (κ3) is 4.31. The average molecular weight is 443 g/mol. The predicted octanol–water partition coefficient (Wildman–Crippen LogP) is 4.37. The van der Waals surface area contributed by atoms with Crippen LogP contribution in [0.4, 0.5) is 11.5 Å². The number of nitrogens with one attached hydrogen (secondary N) is 3. The summed E-state index contributed by atoms with van der Waals surface area (Å²) in [5, 5.41) is 20.6. The monoisotopic (exact) mass is 442 g/mol. The van der Waals surface area contributed by atoms with E-state index in [2.05, 4.69) is 57.3 Å². The molecule has 2 aliphatic rings. The molecule has 0 unspecified atom stereocenters. The van der Waals surface area contributed by atoms with E-state index in [1.807, 2.05) is 30.3 Å². The van der Waals surface area contributed by atoms with Crippen LogP contribution in [0.1, 0.15) is 42.0 Å². The molecule has 1 fully saturated rings. The van der Waals surface area contributed by atoms with Crippen molar-refractivity contribution in [3.63, 3.8) is 0 Å². The van der Waals surface area contributed by atoms with Gasteiger partial charge in [-0.05, 0) is 54.6 Å². The van der Waals surface area contributed by atoms with E-state index in [-0.39, 0.29) is 12.1 Å². The predicted molar refractivity (Wildman–Crippen MR) is 131 cm³/mol. The maximum Gasteiger partial charge on any atom is 0.314 e. The maximum atomic E-state index is 11.9. The quantitative estimate of drug-likeness (QED) is 0.415. The van der Waals surface area contributed by atoms with Gasteiger partial charge in [0.2, 0.25) is 0 Å². The van der Waals surface area contributed by atoms with Crippen LogP contribution in [0.25, 0.3) is 0 Å². The van der Waals surface area contributed by atoms with Crippen LogP contribution in [0, 0.1) is 0 Å². The molecule has 2 heterocycles. The Bertz CT molecular complexity index is 1110. The number of hydrogen-bond donors (Lipinski definition) is 4. The summed E-state index contributed by atoms with van der Waals surface area (Å²) in [5.41, 5.74) is 3.68. The van der Waals surface area contributed by atoms with E-state index in [4.69, 9.17) is 0 Å². The van der Waals surface area contributed by atoms with Crippen LogP contribution in [0.3, 0.4) is 0 Å². The number of anilines is 2. The van der Waals surface area contributed by atoms with Gasteiger partial charge in [-0.1, -0.05) is 61.0 Å². The van der Waals surface area contributed by atoms with Crippen molar-refractivity contribution in [2.75, 3.05) is 23.7 Å². The lowest BCUT2D eigenvalue weighted by Crippen LogP contribution is -2.44. The van der Waals surface area contributed by atoms with E-state index in [1.165, 1.54) is 11.1 Å². The third-order valence-electron chi connectivity index (χ3n) is 7.08. The highest BCUT2D eigenvalue weighted by atomic mass is 16.4. The number of carboxylic acid groups (broad SMARTS) is 1. The van der Waals surface area contributed by atoms with Crippen LogP contribution in [-0.4, -0.2) is 35.2 Å². The number of aromatic nitrogens is 1. The van der Waals surface area contributed by atoms with E-state index in [1.54, 1.807) is 6.20 Å². The molecule has 0 amide bonds. The van der Waals surface area contributed by atoms with Crippen molar-refractivity contribution in [3.05, 3.63) is 89.6 Å². The lowest BCUT2D eigenvalue weighted by molar-refractivity contribution is -0.147. The molecule has 1 saturated carbocycles. The van der Waals surface area contributed by atoms with E-state index in [0.717, 1.165) is 55.8 Å². The summed E-state index contributed by atoms with van der Waals surface area (Å²) in [6.07, 6.45) is 5.09. The normalized spacial score (nSPS) is 19.3. The fraction of sp³-hybridized carbons (Fsp3) is 0.333. The van der Waals surface area contributed by atoms with Gasteiger partial charge in [-0.15, -0.1) is 0 Å². The lowest BCUT2D eigenvalue weighted by Gasteiger charge is -2.38. The van der Waals surface area contributed by atoms with Crippen LogP contribution < -0.4 is 16.0 Å². The average Bonchev–Trinajstić information content (AvgIpc) is 2.81. The number of hydrogen-bond acceptors (Lipinski definition) is 5. The van der Waals surface area contributed by atoms with E-state index < -0.39 is 11.4 Å². The van der Waals surface area contributed by atoms with Crippen LogP contribution >= 0.6 is 0 Å². The molecule has 4 N–H and O–H groups in total. The number of carboxylic acids is 1. The van der Waals surface area contributed by atoms with Crippen molar-refractivity contribution in [1.29, 1.82) is 0 Å². The third-order valence-corrected chi connectivity index (χ3v) is 7.08. The van der Waals surface area contributed by atoms with Crippen molar-refractivity contribution in [2.24, 2.45) is 0 Å². The molecule has 0 spiro atoms. The number of fused-ring (bicyclic) bond motifs is 1. The maximum absolute atomic E-state index is 11.9. The van der Waals surface area contributed by atoms with Crippen molar-refractivity contribution in [3.8, 4) is 0 Å². The molecule has 2 atom stereocenters. The first kappa shape index (κ1) is 21.5. The first-order chi connectivity index (χ1) is 16.2. The summed E-state index contributed by atoms with van der Waals surface area (Å²) >= 11 is 0. The van der Waals surface area contributed by atoms with E-state index in [9.17, 15) is 9.90 Å². The van der Waals surface area contributed by atoms with Gasteiger partial charge in [-0.2, -0.15) is 0 Å². The van der Waals surface area contributed by atoms with Gasteiger partial charge in [-0.25, -0.2) is 4.98 Å². The molecule has 170 valence electrons. The SMILES string of the molecule is O=C(O)C1(c2cccc(CCN[C@H](c3ccccc3)[C@H]3CNc4cccnc4N3)c2)CCC1. The second-order valence-corrected chi connectivity index (χ2v) is 9.06. The highest BCUT2D eigenvalue weighted by Gasteiger charge is 2.45. The zero-order valence-corrected chi connectivity index (χ0v) is 18.6. The Hall–Kier alpha value is -3.38. The second-order valence-electron chi connectivity index (χ2n) is 9.06. The molecule has 0 radical (unpaired) electrons. The Morgan fingerprint density at radius 3 is 2.73 bits per heavy atom. The van der Waals surface area contributed by atoms with E-state index in [0.29, 0.717) is 0 Å². The molecule has 1 aliphatic carbocycles. The molecule has 2 aromatic carbocycles. The van der Waals surface area contributed by atoms with Gasteiger partial charge < -0.3 is 21.1 Å². The Kier molecular flexibility index (Phi) is 6.01. The van der Waals surface area contributed by atoms with Crippen LogP contribution in [0.15, 0.2) is 72.9 Å². The summed E-state index contributed by atoms with van der Waals surface area (Å²) in [7, 11) is 0. The molecule has 33 heavy (non-hydrogen) atoms. The van der Waals surface area contributed by atoms with Gasteiger partial charge in [0.1, 0.15) is 5.82 Å². The smallest absolute Gasteiger partial charge is 0.314 e.